The minimum Gasteiger partial charge on any atom is -0.495 e. The molecule has 0 unspecified atom stereocenters. The van der Waals surface area contributed by atoms with Gasteiger partial charge in [-0.15, -0.1) is 0 Å². The zero-order valence-corrected chi connectivity index (χ0v) is 9.86. The number of aromatic nitrogens is 1. The largest absolute Gasteiger partial charge is 0.495 e. The van der Waals surface area contributed by atoms with Crippen molar-refractivity contribution >= 4 is 34.1 Å². The van der Waals surface area contributed by atoms with Crippen molar-refractivity contribution < 1.29 is 4.74 Å². The molecule has 1 heterocycles. The number of benzene rings is 1. The van der Waals surface area contributed by atoms with Gasteiger partial charge in [-0.3, -0.25) is 0 Å². The molecule has 0 spiro atoms. The van der Waals surface area contributed by atoms with Crippen molar-refractivity contribution in [2.24, 2.45) is 0 Å². The lowest BCUT2D eigenvalue weighted by Gasteiger charge is -2.07. The van der Waals surface area contributed by atoms with Crippen LogP contribution in [0.25, 0.3) is 10.9 Å². The average Bonchev–Trinajstić information content (AvgIpc) is 2.19. The van der Waals surface area contributed by atoms with E-state index in [0.29, 0.717) is 21.4 Å². The van der Waals surface area contributed by atoms with E-state index >= 15 is 0 Å². The summed E-state index contributed by atoms with van der Waals surface area (Å²) >= 11 is 12.0. The normalized spacial score (nSPS) is 10.7. The van der Waals surface area contributed by atoms with Crippen molar-refractivity contribution in [3.05, 3.63) is 33.9 Å². The second-order valence-corrected chi connectivity index (χ2v) is 4.01. The van der Waals surface area contributed by atoms with Gasteiger partial charge in [0.25, 0.3) is 0 Å². The molecule has 0 aliphatic heterocycles. The quantitative estimate of drug-likeness (QED) is 0.708. The van der Waals surface area contributed by atoms with Crippen molar-refractivity contribution in [1.29, 1.82) is 0 Å². The van der Waals surface area contributed by atoms with Gasteiger partial charge >= 0.3 is 0 Å². The molecule has 0 fully saturated rings. The fourth-order valence-electron chi connectivity index (χ4n) is 1.53. The van der Waals surface area contributed by atoms with Crippen LogP contribution in [0.3, 0.4) is 0 Å². The molecule has 1 aromatic heterocycles. The number of hydrogen-bond donors (Lipinski definition) is 0. The first-order valence-electron chi connectivity index (χ1n) is 4.43. The molecule has 0 N–H and O–H groups in total. The van der Waals surface area contributed by atoms with Crippen LogP contribution >= 0.6 is 23.2 Å². The molecule has 0 aliphatic rings. The first-order chi connectivity index (χ1) is 7.13. The van der Waals surface area contributed by atoms with Gasteiger partial charge in [0.05, 0.1) is 12.6 Å². The Morgan fingerprint density at radius 3 is 2.67 bits per heavy atom. The van der Waals surface area contributed by atoms with Gasteiger partial charge in [0.15, 0.2) is 0 Å². The summed E-state index contributed by atoms with van der Waals surface area (Å²) in [7, 11) is 1.57. The third-order valence-corrected chi connectivity index (χ3v) is 2.84. The van der Waals surface area contributed by atoms with Crippen LogP contribution in [-0.2, 0) is 0 Å². The van der Waals surface area contributed by atoms with Crippen molar-refractivity contribution in [3.8, 4) is 5.75 Å². The predicted octanol–water partition coefficient (Wildman–Crippen LogP) is 3.86. The maximum absolute atomic E-state index is 6.14. The zero-order chi connectivity index (χ0) is 11.0. The summed E-state index contributed by atoms with van der Waals surface area (Å²) in [5, 5.41) is 1.93. The molecule has 0 aliphatic carbocycles. The summed E-state index contributed by atoms with van der Waals surface area (Å²) in [6.07, 6.45) is 0. The lowest BCUT2D eigenvalue weighted by molar-refractivity contribution is 0.415. The minimum absolute atomic E-state index is 0.440. The summed E-state index contributed by atoms with van der Waals surface area (Å²) in [6, 6.07) is 5.57. The van der Waals surface area contributed by atoms with E-state index in [0.717, 1.165) is 10.9 Å². The average molecular weight is 242 g/mol. The topological polar surface area (TPSA) is 22.1 Å². The van der Waals surface area contributed by atoms with Crippen molar-refractivity contribution in [3.63, 3.8) is 0 Å². The van der Waals surface area contributed by atoms with Gasteiger partial charge in [-0.25, -0.2) is 4.98 Å². The van der Waals surface area contributed by atoms with Gasteiger partial charge in [0.2, 0.25) is 0 Å². The van der Waals surface area contributed by atoms with E-state index in [9.17, 15) is 0 Å². The van der Waals surface area contributed by atoms with Crippen molar-refractivity contribution in [2.75, 3.05) is 7.11 Å². The van der Waals surface area contributed by atoms with Gasteiger partial charge in [0, 0.05) is 5.39 Å². The molecule has 0 amide bonds. The van der Waals surface area contributed by atoms with E-state index in [1.807, 2.05) is 25.1 Å². The molecule has 2 rings (SSSR count). The van der Waals surface area contributed by atoms with Crippen LogP contribution in [0.2, 0.25) is 10.2 Å². The lowest BCUT2D eigenvalue weighted by atomic mass is 10.1. The number of aryl methyl sites for hydroxylation is 1. The van der Waals surface area contributed by atoms with Gasteiger partial charge in [-0.2, -0.15) is 0 Å². The van der Waals surface area contributed by atoms with E-state index in [1.165, 1.54) is 0 Å². The number of fused-ring (bicyclic) bond motifs is 1. The fraction of sp³-hybridized carbons (Fsp3) is 0.182. The molecule has 0 saturated heterocycles. The van der Waals surface area contributed by atoms with Crippen LogP contribution in [0.4, 0.5) is 0 Å². The Balaban J connectivity index is 2.86. The maximum Gasteiger partial charge on any atom is 0.139 e. The Morgan fingerprint density at radius 2 is 2.00 bits per heavy atom. The number of rotatable bonds is 1. The number of nitrogens with zero attached hydrogens (tertiary/aromatic N) is 1. The number of pyridine rings is 1. The van der Waals surface area contributed by atoms with Crippen LogP contribution in [0.5, 0.6) is 5.75 Å². The van der Waals surface area contributed by atoms with Crippen LogP contribution in [0, 0.1) is 6.92 Å². The molecule has 1 aromatic carbocycles. The maximum atomic E-state index is 6.14. The molecule has 0 saturated carbocycles. The van der Waals surface area contributed by atoms with Gasteiger partial charge in [0.1, 0.15) is 15.9 Å². The Bertz CT molecular complexity index is 525. The highest BCUT2D eigenvalue weighted by molar-refractivity contribution is 6.37. The van der Waals surface area contributed by atoms with Gasteiger partial charge in [-0.1, -0.05) is 23.2 Å². The summed E-state index contributed by atoms with van der Waals surface area (Å²) in [4.78, 5) is 4.20. The van der Waals surface area contributed by atoms with Crippen LogP contribution in [0.1, 0.15) is 5.56 Å². The molecule has 2 aromatic rings. The van der Waals surface area contributed by atoms with E-state index in [4.69, 9.17) is 27.9 Å². The van der Waals surface area contributed by atoms with Crippen molar-refractivity contribution in [1.82, 2.24) is 4.98 Å². The first-order valence-corrected chi connectivity index (χ1v) is 5.18. The van der Waals surface area contributed by atoms with E-state index in [-0.39, 0.29) is 0 Å². The summed E-state index contributed by atoms with van der Waals surface area (Å²) in [6.45, 7) is 1.97. The van der Waals surface area contributed by atoms with Crippen molar-refractivity contribution in [2.45, 2.75) is 6.92 Å². The highest BCUT2D eigenvalue weighted by Gasteiger charge is 2.09. The fourth-order valence-corrected chi connectivity index (χ4v) is 2.06. The first kappa shape index (κ1) is 10.5. The van der Waals surface area contributed by atoms with E-state index < -0.39 is 0 Å². The monoisotopic (exact) mass is 241 g/mol. The van der Waals surface area contributed by atoms with E-state index in [2.05, 4.69) is 4.98 Å². The molecular formula is C11H9Cl2NO. The lowest BCUT2D eigenvalue weighted by Crippen LogP contribution is -1.89. The molecule has 4 heteroatoms. The number of halogens is 2. The molecule has 78 valence electrons. The highest BCUT2D eigenvalue weighted by Crippen LogP contribution is 2.33. The minimum atomic E-state index is 0.440. The Kier molecular flexibility index (Phi) is 2.72. The molecule has 2 nitrogen and oxygen atoms in total. The number of methoxy groups -OCH3 is 1. The Labute approximate surface area is 97.8 Å². The number of hydrogen-bond acceptors (Lipinski definition) is 2. The van der Waals surface area contributed by atoms with Gasteiger partial charge in [-0.05, 0) is 30.7 Å². The highest BCUT2D eigenvalue weighted by atomic mass is 35.5. The van der Waals surface area contributed by atoms with Crippen LogP contribution < -0.4 is 4.74 Å². The third-order valence-electron chi connectivity index (χ3n) is 2.28. The smallest absolute Gasteiger partial charge is 0.139 e. The Hall–Kier alpha value is -0.990. The van der Waals surface area contributed by atoms with Crippen LogP contribution in [0.15, 0.2) is 18.2 Å². The molecule has 0 radical (unpaired) electrons. The molecule has 0 atom stereocenters. The van der Waals surface area contributed by atoms with Crippen LogP contribution in [-0.4, -0.2) is 12.1 Å². The van der Waals surface area contributed by atoms with E-state index in [1.54, 1.807) is 7.11 Å². The SMILES string of the molecule is COc1ccc2c(C)cc(Cl)nc2c1Cl. The van der Waals surface area contributed by atoms with Gasteiger partial charge < -0.3 is 4.74 Å². The predicted molar refractivity (Wildman–Crippen MR) is 63.1 cm³/mol. The number of ether oxygens (including phenoxy) is 1. The summed E-state index contributed by atoms with van der Waals surface area (Å²) in [5.41, 5.74) is 1.73. The second-order valence-electron chi connectivity index (χ2n) is 3.24. The standard InChI is InChI=1S/C11H9Cl2NO/c1-6-5-9(12)14-11-7(6)3-4-8(15-2)10(11)13/h3-5H,1-2H3. The summed E-state index contributed by atoms with van der Waals surface area (Å²) in [5.74, 6) is 0.610. The Morgan fingerprint density at radius 1 is 1.27 bits per heavy atom. The molecule has 0 bridgehead atoms. The molecule has 15 heavy (non-hydrogen) atoms. The third kappa shape index (κ3) is 1.75. The summed E-state index contributed by atoms with van der Waals surface area (Å²) < 4.78 is 5.12. The second kappa shape index (κ2) is 3.87. The molecular weight excluding hydrogens is 233 g/mol. The zero-order valence-electron chi connectivity index (χ0n) is 8.34.